The summed E-state index contributed by atoms with van der Waals surface area (Å²) >= 11 is 0. The van der Waals surface area contributed by atoms with Gasteiger partial charge in [0.25, 0.3) is 5.91 Å². The van der Waals surface area contributed by atoms with Crippen LogP contribution in [-0.2, 0) is 10.0 Å². The van der Waals surface area contributed by atoms with Gasteiger partial charge < -0.3 is 5.32 Å². The number of sulfonamides is 1. The summed E-state index contributed by atoms with van der Waals surface area (Å²) < 4.78 is 27.1. The van der Waals surface area contributed by atoms with Gasteiger partial charge in [-0.3, -0.25) is 4.79 Å². The molecule has 0 aliphatic heterocycles. The number of hydrogen-bond acceptors (Lipinski definition) is 4. The molecule has 1 amide bonds. The first-order valence-corrected chi connectivity index (χ1v) is 8.94. The molecule has 24 heavy (non-hydrogen) atoms. The largest absolute Gasteiger partial charge is 0.306 e. The van der Waals surface area contributed by atoms with Crippen molar-refractivity contribution in [3.8, 4) is 0 Å². The second-order valence-corrected chi connectivity index (χ2v) is 8.19. The molecule has 0 radical (unpaired) electrons. The molecule has 0 aliphatic carbocycles. The van der Waals surface area contributed by atoms with Gasteiger partial charge in [0.15, 0.2) is 0 Å². The van der Waals surface area contributed by atoms with Crippen molar-refractivity contribution < 1.29 is 13.2 Å². The highest BCUT2D eigenvalue weighted by Crippen LogP contribution is 2.15. The smallest absolute Gasteiger partial charge is 0.256 e. The summed E-state index contributed by atoms with van der Waals surface area (Å²) in [6.07, 6.45) is 1.59. The van der Waals surface area contributed by atoms with Crippen molar-refractivity contribution >= 4 is 21.7 Å². The van der Waals surface area contributed by atoms with Crippen molar-refractivity contribution in [1.82, 2.24) is 9.71 Å². The van der Waals surface area contributed by atoms with E-state index in [1.807, 2.05) is 13.0 Å². The molecule has 1 aromatic heterocycles. The van der Waals surface area contributed by atoms with E-state index in [0.717, 1.165) is 5.56 Å². The Labute approximate surface area is 142 Å². The summed E-state index contributed by atoms with van der Waals surface area (Å²) in [7, 11) is -3.62. The molecule has 2 aromatic rings. The fourth-order valence-corrected chi connectivity index (χ4v) is 3.46. The minimum atomic E-state index is -3.62. The van der Waals surface area contributed by atoms with E-state index in [9.17, 15) is 13.2 Å². The first-order valence-electron chi connectivity index (χ1n) is 7.45. The number of nitrogens with zero attached hydrogens (tertiary/aromatic N) is 1. The number of aromatic nitrogens is 1. The van der Waals surface area contributed by atoms with Crippen LogP contribution in [0.25, 0.3) is 0 Å². The van der Waals surface area contributed by atoms with Crippen LogP contribution in [0.3, 0.4) is 0 Å². The molecule has 7 heteroatoms. The highest BCUT2D eigenvalue weighted by Gasteiger charge is 2.22. The maximum absolute atomic E-state index is 12.2. The molecule has 2 N–H and O–H groups in total. The Hall–Kier alpha value is -2.25. The average molecular weight is 347 g/mol. The third-order valence-electron chi connectivity index (χ3n) is 3.11. The Balaban J connectivity index is 2.17. The van der Waals surface area contributed by atoms with Crippen LogP contribution in [-0.4, -0.2) is 24.8 Å². The number of carbonyl (C=O) groups is 1. The third kappa shape index (κ3) is 4.62. The first kappa shape index (κ1) is 18.1. The van der Waals surface area contributed by atoms with Crippen LogP contribution >= 0.6 is 0 Å². The van der Waals surface area contributed by atoms with Gasteiger partial charge in [0.1, 0.15) is 5.82 Å². The number of aryl methyl sites for hydroxylation is 1. The van der Waals surface area contributed by atoms with Crippen molar-refractivity contribution in [2.75, 3.05) is 5.32 Å². The zero-order valence-corrected chi connectivity index (χ0v) is 14.9. The number of amides is 1. The van der Waals surface area contributed by atoms with Gasteiger partial charge in [-0.15, -0.1) is 0 Å². The maximum atomic E-state index is 12.2. The van der Waals surface area contributed by atoms with E-state index in [2.05, 4.69) is 15.0 Å². The lowest BCUT2D eigenvalue weighted by atomic mass is 10.1. The van der Waals surface area contributed by atoms with Gasteiger partial charge in [0.05, 0.1) is 4.90 Å². The van der Waals surface area contributed by atoms with Gasteiger partial charge in [0, 0.05) is 17.3 Å². The number of nitrogens with one attached hydrogen (secondary N) is 2. The Morgan fingerprint density at radius 3 is 2.25 bits per heavy atom. The van der Waals surface area contributed by atoms with Gasteiger partial charge in [-0.25, -0.2) is 18.1 Å². The summed E-state index contributed by atoms with van der Waals surface area (Å²) in [5, 5.41) is 2.71. The summed E-state index contributed by atoms with van der Waals surface area (Å²) in [5.74, 6) is 0.137. The maximum Gasteiger partial charge on any atom is 0.256 e. The fourth-order valence-electron chi connectivity index (χ4n) is 2.04. The number of anilines is 1. The minimum Gasteiger partial charge on any atom is -0.306 e. The molecule has 2 rings (SSSR count). The first-order chi connectivity index (χ1) is 11.1. The SMILES string of the molecule is Cc1cccnc1NC(=O)c1ccc(S(=O)(=O)NC(C)(C)C)cc1. The van der Waals surface area contributed by atoms with E-state index in [1.165, 1.54) is 24.3 Å². The normalized spacial score (nSPS) is 12.0. The third-order valence-corrected chi connectivity index (χ3v) is 4.88. The topological polar surface area (TPSA) is 88.2 Å². The lowest BCUT2D eigenvalue weighted by molar-refractivity contribution is 0.102. The summed E-state index contributed by atoms with van der Waals surface area (Å²) in [6, 6.07) is 9.40. The molecule has 0 unspecified atom stereocenters. The monoisotopic (exact) mass is 347 g/mol. The van der Waals surface area contributed by atoms with Crippen LogP contribution in [0.1, 0.15) is 36.7 Å². The molecule has 128 valence electrons. The fraction of sp³-hybridized carbons (Fsp3) is 0.294. The lowest BCUT2D eigenvalue weighted by Crippen LogP contribution is -2.40. The molecule has 0 aliphatic rings. The molecule has 0 saturated heterocycles. The second kappa shape index (κ2) is 6.70. The van der Waals surface area contributed by atoms with Gasteiger partial charge >= 0.3 is 0 Å². The number of hydrogen-bond donors (Lipinski definition) is 2. The Kier molecular flexibility index (Phi) is 5.05. The van der Waals surface area contributed by atoms with Gasteiger partial charge in [-0.2, -0.15) is 0 Å². The molecule has 1 heterocycles. The van der Waals surface area contributed by atoms with E-state index < -0.39 is 15.6 Å². The van der Waals surface area contributed by atoms with Crippen molar-refractivity contribution in [3.05, 3.63) is 53.7 Å². The van der Waals surface area contributed by atoms with E-state index >= 15 is 0 Å². The van der Waals surface area contributed by atoms with Crippen LogP contribution < -0.4 is 10.0 Å². The van der Waals surface area contributed by atoms with Gasteiger partial charge in [0.2, 0.25) is 10.0 Å². The number of rotatable bonds is 4. The Morgan fingerprint density at radius 2 is 1.71 bits per heavy atom. The van der Waals surface area contributed by atoms with Crippen LogP contribution in [0.2, 0.25) is 0 Å². The standard InChI is InChI=1S/C17H21N3O3S/c1-12-6-5-11-18-15(12)19-16(21)13-7-9-14(10-8-13)24(22,23)20-17(2,3)4/h5-11,20H,1-4H3,(H,18,19,21). The predicted molar refractivity (Wildman–Crippen MR) is 93.4 cm³/mol. The molecule has 0 fully saturated rings. The van der Waals surface area contributed by atoms with E-state index in [1.54, 1.807) is 33.0 Å². The van der Waals surface area contributed by atoms with Gasteiger partial charge in [-0.05, 0) is 63.6 Å². The zero-order chi connectivity index (χ0) is 18.0. The minimum absolute atomic E-state index is 0.114. The average Bonchev–Trinajstić information content (AvgIpc) is 2.47. The van der Waals surface area contributed by atoms with Crippen LogP contribution in [0.4, 0.5) is 5.82 Å². The molecule has 0 bridgehead atoms. The summed E-state index contributed by atoms with van der Waals surface area (Å²) in [5.41, 5.74) is 0.625. The molecule has 0 spiro atoms. The summed E-state index contributed by atoms with van der Waals surface area (Å²) in [4.78, 5) is 16.5. The molecule has 0 atom stereocenters. The van der Waals surface area contributed by atoms with Crippen molar-refractivity contribution in [3.63, 3.8) is 0 Å². The van der Waals surface area contributed by atoms with Crippen molar-refractivity contribution in [1.29, 1.82) is 0 Å². The van der Waals surface area contributed by atoms with E-state index in [0.29, 0.717) is 11.4 Å². The Bertz CT molecular complexity index is 838. The molecule has 6 nitrogen and oxygen atoms in total. The van der Waals surface area contributed by atoms with Crippen molar-refractivity contribution in [2.45, 2.75) is 38.1 Å². The highest BCUT2D eigenvalue weighted by molar-refractivity contribution is 7.89. The second-order valence-electron chi connectivity index (χ2n) is 6.50. The number of carbonyl (C=O) groups excluding carboxylic acids is 1. The molecular weight excluding hydrogens is 326 g/mol. The van der Waals surface area contributed by atoms with Crippen LogP contribution in [0, 0.1) is 6.92 Å². The van der Waals surface area contributed by atoms with E-state index in [-0.39, 0.29) is 10.8 Å². The quantitative estimate of drug-likeness (QED) is 0.890. The zero-order valence-electron chi connectivity index (χ0n) is 14.1. The Morgan fingerprint density at radius 1 is 1.08 bits per heavy atom. The molecular formula is C17H21N3O3S. The lowest BCUT2D eigenvalue weighted by Gasteiger charge is -2.20. The van der Waals surface area contributed by atoms with Gasteiger partial charge in [-0.1, -0.05) is 6.07 Å². The highest BCUT2D eigenvalue weighted by atomic mass is 32.2. The van der Waals surface area contributed by atoms with E-state index in [4.69, 9.17) is 0 Å². The summed E-state index contributed by atoms with van der Waals surface area (Å²) in [6.45, 7) is 7.14. The number of benzene rings is 1. The molecule has 0 saturated carbocycles. The predicted octanol–water partition coefficient (Wildman–Crippen LogP) is 2.72. The van der Waals surface area contributed by atoms with Crippen LogP contribution in [0.15, 0.2) is 47.5 Å². The molecule has 1 aromatic carbocycles. The number of pyridine rings is 1. The van der Waals surface area contributed by atoms with Crippen molar-refractivity contribution in [2.24, 2.45) is 0 Å². The van der Waals surface area contributed by atoms with Crippen LogP contribution in [0.5, 0.6) is 0 Å².